The molecule has 1 unspecified atom stereocenters. The molecule has 5 nitrogen and oxygen atoms in total. The molecule has 1 N–H and O–H groups in total. The number of amides is 1. The van der Waals surface area contributed by atoms with Crippen molar-refractivity contribution in [1.29, 1.82) is 0 Å². The summed E-state index contributed by atoms with van der Waals surface area (Å²) >= 11 is 0. The van der Waals surface area contributed by atoms with Crippen LogP contribution in [-0.4, -0.2) is 33.9 Å². The summed E-state index contributed by atoms with van der Waals surface area (Å²) in [5.74, 6) is -0.408. The Morgan fingerprint density at radius 2 is 2.04 bits per heavy atom. The average Bonchev–Trinajstić information content (AvgIpc) is 3.31. The van der Waals surface area contributed by atoms with E-state index in [0.29, 0.717) is 13.1 Å². The van der Waals surface area contributed by atoms with E-state index in [1.165, 1.54) is 10.9 Å². The first kappa shape index (κ1) is 15.0. The third-order valence-corrected chi connectivity index (χ3v) is 6.27. The number of para-hydroxylation sites is 1. The summed E-state index contributed by atoms with van der Waals surface area (Å²) in [6.45, 7) is 1.32. The predicted octanol–water partition coefficient (Wildman–Crippen LogP) is 2.93. The Bertz CT molecular complexity index is 863. The first-order valence-corrected chi connectivity index (χ1v) is 9.25. The molecule has 1 spiro atoms. The fourth-order valence-electron chi connectivity index (χ4n) is 5.03. The van der Waals surface area contributed by atoms with Gasteiger partial charge in [0, 0.05) is 23.1 Å². The van der Waals surface area contributed by atoms with Crippen molar-refractivity contribution in [3.05, 3.63) is 35.5 Å². The number of H-pyrrole nitrogens is 1. The van der Waals surface area contributed by atoms with Gasteiger partial charge in [-0.3, -0.25) is 9.59 Å². The Morgan fingerprint density at radius 1 is 1.24 bits per heavy atom. The molecule has 1 amide bonds. The third-order valence-electron chi connectivity index (χ3n) is 6.27. The van der Waals surface area contributed by atoms with E-state index in [1.807, 2.05) is 11.0 Å². The number of aromatic amines is 1. The van der Waals surface area contributed by atoms with Gasteiger partial charge < -0.3 is 14.6 Å². The summed E-state index contributed by atoms with van der Waals surface area (Å²) < 4.78 is 5.66. The van der Waals surface area contributed by atoms with Crippen LogP contribution < -0.4 is 0 Å². The topological polar surface area (TPSA) is 62.4 Å². The molecule has 2 aromatic rings. The third kappa shape index (κ3) is 2.21. The molecule has 5 heteroatoms. The van der Waals surface area contributed by atoms with E-state index in [-0.39, 0.29) is 24.2 Å². The maximum Gasteiger partial charge on any atom is 0.307 e. The smallest absolute Gasteiger partial charge is 0.307 e. The fourth-order valence-corrected chi connectivity index (χ4v) is 5.03. The second-order valence-corrected chi connectivity index (χ2v) is 7.64. The lowest BCUT2D eigenvalue weighted by molar-refractivity contribution is -0.152. The van der Waals surface area contributed by atoms with Crippen molar-refractivity contribution in [2.24, 2.45) is 5.92 Å². The number of hydrogen-bond acceptors (Lipinski definition) is 3. The molecule has 2 fully saturated rings. The molecule has 5 rings (SSSR count). The van der Waals surface area contributed by atoms with E-state index >= 15 is 0 Å². The molecule has 1 aromatic carbocycles. The molecular formula is C20H22N2O3. The van der Waals surface area contributed by atoms with Gasteiger partial charge in [0.2, 0.25) is 5.91 Å². The monoisotopic (exact) mass is 338 g/mol. The summed E-state index contributed by atoms with van der Waals surface area (Å²) in [5, 5.41) is 1.26. The van der Waals surface area contributed by atoms with Gasteiger partial charge in [-0.1, -0.05) is 18.2 Å². The van der Waals surface area contributed by atoms with Crippen LogP contribution in [0.2, 0.25) is 0 Å². The highest BCUT2D eigenvalue weighted by molar-refractivity contribution is 5.89. The molecule has 1 atom stereocenters. The predicted molar refractivity (Wildman–Crippen MR) is 92.8 cm³/mol. The average molecular weight is 338 g/mol. The lowest BCUT2D eigenvalue weighted by Gasteiger charge is -2.34. The molecule has 1 saturated carbocycles. The Morgan fingerprint density at radius 3 is 2.88 bits per heavy atom. The molecule has 3 heterocycles. The van der Waals surface area contributed by atoms with Crippen LogP contribution in [0.3, 0.4) is 0 Å². The zero-order valence-electron chi connectivity index (χ0n) is 14.2. The van der Waals surface area contributed by atoms with E-state index in [4.69, 9.17) is 4.74 Å². The van der Waals surface area contributed by atoms with E-state index in [0.717, 1.165) is 43.3 Å². The zero-order valence-corrected chi connectivity index (χ0v) is 14.2. The number of benzene rings is 1. The number of nitrogens with zero attached hydrogens (tertiary/aromatic N) is 1. The van der Waals surface area contributed by atoms with Crippen LogP contribution in [0.4, 0.5) is 0 Å². The molecule has 2 aliphatic heterocycles. The Balaban J connectivity index is 1.42. The first-order chi connectivity index (χ1) is 12.2. The minimum Gasteiger partial charge on any atom is -0.458 e. The largest absolute Gasteiger partial charge is 0.458 e. The Kier molecular flexibility index (Phi) is 3.21. The molecule has 25 heavy (non-hydrogen) atoms. The van der Waals surface area contributed by atoms with E-state index < -0.39 is 5.60 Å². The molecule has 0 radical (unpaired) electrons. The number of carbonyl (C=O) groups excluding carboxylic acids is 2. The maximum atomic E-state index is 13.2. The van der Waals surface area contributed by atoms with Crippen molar-refractivity contribution >= 4 is 22.8 Å². The van der Waals surface area contributed by atoms with E-state index in [2.05, 4.69) is 23.2 Å². The minimum atomic E-state index is -0.519. The molecule has 130 valence electrons. The molecule has 1 aromatic heterocycles. The van der Waals surface area contributed by atoms with Gasteiger partial charge in [0.1, 0.15) is 5.60 Å². The highest BCUT2D eigenvalue weighted by Gasteiger charge is 2.55. The van der Waals surface area contributed by atoms with Gasteiger partial charge in [-0.05, 0) is 43.7 Å². The van der Waals surface area contributed by atoms with E-state index in [1.54, 1.807) is 0 Å². The van der Waals surface area contributed by atoms with Gasteiger partial charge in [0.25, 0.3) is 0 Å². The number of aromatic nitrogens is 1. The van der Waals surface area contributed by atoms with Crippen LogP contribution in [0.15, 0.2) is 24.3 Å². The quantitative estimate of drug-likeness (QED) is 0.813. The van der Waals surface area contributed by atoms with Crippen molar-refractivity contribution in [1.82, 2.24) is 9.88 Å². The lowest BCUT2D eigenvalue weighted by Crippen LogP contribution is -2.46. The Labute approximate surface area is 146 Å². The fraction of sp³-hybridized carbons (Fsp3) is 0.500. The standard InChI is InChI=1S/C20H22N2O3/c23-18-11-15(20(25-18)8-3-4-9-20)19(24)22-10-7-14-13-5-1-2-6-16(13)21-17(14)12-22/h1-2,5-6,15,21H,3-4,7-12H2. The number of ether oxygens (including phenoxy) is 1. The molecular weight excluding hydrogens is 316 g/mol. The van der Waals surface area contributed by atoms with Gasteiger partial charge in [0.05, 0.1) is 18.9 Å². The highest BCUT2D eigenvalue weighted by atomic mass is 16.6. The van der Waals surface area contributed by atoms with Crippen molar-refractivity contribution < 1.29 is 14.3 Å². The van der Waals surface area contributed by atoms with Crippen LogP contribution in [-0.2, 0) is 27.3 Å². The number of rotatable bonds is 1. The van der Waals surface area contributed by atoms with Crippen molar-refractivity contribution in [2.45, 2.75) is 50.7 Å². The number of nitrogens with one attached hydrogen (secondary N) is 1. The number of hydrogen-bond donors (Lipinski definition) is 1. The van der Waals surface area contributed by atoms with Gasteiger partial charge in [-0.15, -0.1) is 0 Å². The van der Waals surface area contributed by atoms with Gasteiger partial charge >= 0.3 is 5.97 Å². The highest BCUT2D eigenvalue weighted by Crippen LogP contribution is 2.46. The zero-order chi connectivity index (χ0) is 17.0. The summed E-state index contributed by atoms with van der Waals surface area (Å²) in [4.78, 5) is 30.5. The number of carbonyl (C=O) groups is 2. The van der Waals surface area contributed by atoms with Crippen LogP contribution >= 0.6 is 0 Å². The van der Waals surface area contributed by atoms with Crippen LogP contribution in [0.1, 0.15) is 43.4 Å². The molecule has 3 aliphatic rings. The summed E-state index contributed by atoms with van der Waals surface area (Å²) in [6.07, 6.45) is 4.86. The van der Waals surface area contributed by atoms with E-state index in [9.17, 15) is 9.59 Å². The SMILES string of the molecule is O=C1CC(C(=O)N2CCc3c([nH]c4ccccc34)C2)C2(CCCC2)O1. The molecule has 1 saturated heterocycles. The molecule has 0 bridgehead atoms. The summed E-state index contributed by atoms with van der Waals surface area (Å²) in [7, 11) is 0. The van der Waals surface area contributed by atoms with Crippen molar-refractivity contribution in [3.8, 4) is 0 Å². The number of fused-ring (bicyclic) bond motifs is 3. The second kappa shape index (κ2) is 5.35. The first-order valence-electron chi connectivity index (χ1n) is 9.25. The minimum absolute atomic E-state index is 0.0945. The van der Waals surface area contributed by atoms with Gasteiger partial charge in [-0.2, -0.15) is 0 Å². The Hall–Kier alpha value is -2.30. The summed E-state index contributed by atoms with van der Waals surface area (Å²) in [5.41, 5.74) is 3.07. The van der Waals surface area contributed by atoms with Crippen molar-refractivity contribution in [2.75, 3.05) is 6.54 Å². The van der Waals surface area contributed by atoms with Gasteiger partial charge in [0.15, 0.2) is 0 Å². The van der Waals surface area contributed by atoms with Crippen LogP contribution in [0.5, 0.6) is 0 Å². The van der Waals surface area contributed by atoms with Gasteiger partial charge in [-0.25, -0.2) is 0 Å². The van der Waals surface area contributed by atoms with Crippen molar-refractivity contribution in [3.63, 3.8) is 0 Å². The molecule has 1 aliphatic carbocycles. The maximum absolute atomic E-state index is 13.2. The second-order valence-electron chi connectivity index (χ2n) is 7.64. The normalized spacial score (nSPS) is 24.7. The number of esters is 1. The summed E-state index contributed by atoms with van der Waals surface area (Å²) in [6, 6.07) is 8.30. The lowest BCUT2D eigenvalue weighted by atomic mass is 9.84. The van der Waals surface area contributed by atoms with Crippen LogP contribution in [0, 0.1) is 5.92 Å². The van der Waals surface area contributed by atoms with Crippen LogP contribution in [0.25, 0.3) is 10.9 Å².